The zero-order valence-electron chi connectivity index (χ0n) is 16.4. The van der Waals surface area contributed by atoms with Gasteiger partial charge in [0.1, 0.15) is 21.2 Å². The second kappa shape index (κ2) is 8.58. The number of hydrogen-bond acceptors (Lipinski definition) is 8. The van der Waals surface area contributed by atoms with Gasteiger partial charge >= 0.3 is 10.8 Å². The molecule has 3 heterocycles. The van der Waals surface area contributed by atoms with E-state index in [2.05, 4.69) is 10.1 Å². The first-order valence-electron chi connectivity index (χ1n) is 9.11. The van der Waals surface area contributed by atoms with E-state index in [1.807, 2.05) is 6.07 Å². The molecule has 0 atom stereocenters. The van der Waals surface area contributed by atoms with E-state index in [1.165, 1.54) is 17.1 Å². The highest BCUT2D eigenvalue weighted by molar-refractivity contribution is 7.20. The van der Waals surface area contributed by atoms with Gasteiger partial charge in [-0.1, -0.05) is 41.1 Å². The largest absolute Gasteiger partial charge is 0.462 e. The zero-order chi connectivity index (χ0) is 22.1. The van der Waals surface area contributed by atoms with Crippen LogP contribution in [0.1, 0.15) is 27.0 Å². The predicted molar refractivity (Wildman–Crippen MR) is 122 cm³/mol. The zero-order valence-corrected chi connectivity index (χ0v) is 18.8. The van der Waals surface area contributed by atoms with Crippen molar-refractivity contribution >= 4 is 56.7 Å². The number of thiazole rings is 1. The number of hydrogen-bond donors (Lipinski definition) is 0. The SMILES string of the molecule is CCOC(=O)c1sc2ncn(/N=C/c3sc(=O)n(-c4ccccc4)c3Cl)c(=O)c2c1C. The van der Waals surface area contributed by atoms with E-state index >= 15 is 0 Å². The fraction of sp³-hybridized carbons (Fsp3) is 0.150. The Morgan fingerprint density at radius 1 is 1.26 bits per heavy atom. The lowest BCUT2D eigenvalue weighted by molar-refractivity contribution is 0.0531. The van der Waals surface area contributed by atoms with Crippen molar-refractivity contribution in [1.82, 2.24) is 14.2 Å². The number of fused-ring (bicyclic) bond motifs is 1. The molecule has 0 fully saturated rings. The van der Waals surface area contributed by atoms with Gasteiger partial charge in [-0.15, -0.1) is 11.3 Å². The van der Waals surface area contributed by atoms with E-state index in [-0.39, 0.29) is 16.6 Å². The lowest BCUT2D eigenvalue weighted by Gasteiger charge is -2.02. The molecule has 0 bridgehead atoms. The highest BCUT2D eigenvalue weighted by Crippen LogP contribution is 2.27. The minimum Gasteiger partial charge on any atom is -0.462 e. The summed E-state index contributed by atoms with van der Waals surface area (Å²) in [5.41, 5.74) is 0.698. The van der Waals surface area contributed by atoms with Crippen LogP contribution >= 0.6 is 34.3 Å². The molecule has 0 aliphatic heterocycles. The molecule has 11 heteroatoms. The van der Waals surface area contributed by atoms with Crippen molar-refractivity contribution in [1.29, 1.82) is 0 Å². The number of ether oxygens (including phenoxy) is 1. The van der Waals surface area contributed by atoms with Crippen LogP contribution in [-0.4, -0.2) is 33.0 Å². The summed E-state index contributed by atoms with van der Waals surface area (Å²) in [4.78, 5) is 42.5. The fourth-order valence-electron chi connectivity index (χ4n) is 2.95. The number of aryl methyl sites for hydroxylation is 1. The standard InChI is InChI=1S/C20H15ClN4O4S2/c1-3-29-19(27)15-11(2)14-17(31-15)22-10-24(18(14)26)23-9-13-16(21)25(20(28)30-13)12-7-5-4-6-8-12/h4-10H,3H2,1-2H3/b23-9+. The molecule has 0 saturated carbocycles. The molecule has 0 amide bonds. The number of esters is 1. The number of para-hydroxylation sites is 1. The molecule has 0 spiro atoms. The van der Waals surface area contributed by atoms with Crippen molar-refractivity contribution in [2.75, 3.05) is 6.61 Å². The normalized spacial score (nSPS) is 11.5. The van der Waals surface area contributed by atoms with Crippen LogP contribution in [0.3, 0.4) is 0 Å². The third-order valence-electron chi connectivity index (χ3n) is 4.39. The first kappa shape index (κ1) is 21.2. The van der Waals surface area contributed by atoms with Gasteiger partial charge in [0.2, 0.25) is 0 Å². The highest BCUT2D eigenvalue weighted by Gasteiger charge is 2.20. The third kappa shape index (κ3) is 3.85. The molecule has 31 heavy (non-hydrogen) atoms. The van der Waals surface area contributed by atoms with Gasteiger partial charge in [-0.2, -0.15) is 9.78 Å². The molecule has 1 aromatic carbocycles. The predicted octanol–water partition coefficient (Wildman–Crippen LogP) is 3.69. The summed E-state index contributed by atoms with van der Waals surface area (Å²) >= 11 is 8.40. The summed E-state index contributed by atoms with van der Waals surface area (Å²) in [5, 5.41) is 4.64. The molecule has 0 unspecified atom stereocenters. The Morgan fingerprint density at radius 2 is 2.00 bits per heavy atom. The Balaban J connectivity index is 1.74. The van der Waals surface area contributed by atoms with Crippen LogP contribution < -0.4 is 10.4 Å². The van der Waals surface area contributed by atoms with Gasteiger partial charge in [0.25, 0.3) is 5.56 Å². The first-order valence-corrected chi connectivity index (χ1v) is 11.1. The van der Waals surface area contributed by atoms with Crippen LogP contribution in [0.5, 0.6) is 0 Å². The first-order chi connectivity index (χ1) is 14.9. The molecule has 0 N–H and O–H groups in total. The summed E-state index contributed by atoms with van der Waals surface area (Å²) in [6.07, 6.45) is 2.60. The smallest absolute Gasteiger partial charge is 0.348 e. The second-order valence-electron chi connectivity index (χ2n) is 6.29. The van der Waals surface area contributed by atoms with Crippen LogP contribution in [0.25, 0.3) is 15.9 Å². The van der Waals surface area contributed by atoms with E-state index in [1.54, 1.807) is 38.1 Å². The van der Waals surface area contributed by atoms with Gasteiger partial charge in [-0.25, -0.2) is 9.78 Å². The van der Waals surface area contributed by atoms with E-state index in [4.69, 9.17) is 16.3 Å². The molecular weight excluding hydrogens is 460 g/mol. The van der Waals surface area contributed by atoms with E-state index in [9.17, 15) is 14.4 Å². The monoisotopic (exact) mass is 474 g/mol. The van der Waals surface area contributed by atoms with Gasteiger partial charge in [-0.3, -0.25) is 14.2 Å². The maximum Gasteiger partial charge on any atom is 0.348 e. The van der Waals surface area contributed by atoms with Crippen molar-refractivity contribution < 1.29 is 9.53 Å². The molecule has 158 valence electrons. The quantitative estimate of drug-likeness (QED) is 0.324. The minimum atomic E-state index is -0.490. The summed E-state index contributed by atoms with van der Waals surface area (Å²) in [6.45, 7) is 3.62. The number of nitrogens with zero attached hydrogens (tertiary/aromatic N) is 4. The lowest BCUT2D eigenvalue weighted by Crippen LogP contribution is -2.17. The van der Waals surface area contributed by atoms with E-state index < -0.39 is 11.5 Å². The van der Waals surface area contributed by atoms with Crippen molar-refractivity contribution in [2.24, 2.45) is 5.10 Å². The molecule has 4 rings (SSSR count). The van der Waals surface area contributed by atoms with Crippen molar-refractivity contribution in [3.05, 3.63) is 77.2 Å². The molecule has 8 nitrogen and oxygen atoms in total. The number of halogens is 1. The van der Waals surface area contributed by atoms with Crippen molar-refractivity contribution in [3.8, 4) is 5.69 Å². The Kier molecular flexibility index (Phi) is 5.86. The van der Waals surface area contributed by atoms with Crippen LogP contribution in [-0.2, 0) is 4.74 Å². The van der Waals surface area contributed by atoms with Gasteiger partial charge in [0.15, 0.2) is 0 Å². The van der Waals surface area contributed by atoms with E-state index in [0.717, 1.165) is 27.3 Å². The topological polar surface area (TPSA) is 95.5 Å². The molecule has 0 aliphatic rings. The molecule has 0 radical (unpaired) electrons. The summed E-state index contributed by atoms with van der Waals surface area (Å²) in [5.74, 6) is -0.490. The van der Waals surface area contributed by atoms with Crippen LogP contribution in [0.2, 0.25) is 5.15 Å². The molecular formula is C20H15ClN4O4S2. The third-order valence-corrected chi connectivity index (χ3v) is 6.93. The van der Waals surface area contributed by atoms with E-state index in [0.29, 0.717) is 31.2 Å². The second-order valence-corrected chi connectivity index (χ2v) is 8.64. The van der Waals surface area contributed by atoms with Crippen LogP contribution in [0.15, 0.2) is 51.3 Å². The minimum absolute atomic E-state index is 0.198. The Morgan fingerprint density at radius 3 is 2.71 bits per heavy atom. The van der Waals surface area contributed by atoms with Gasteiger partial charge in [0, 0.05) is 0 Å². The summed E-state index contributed by atoms with van der Waals surface area (Å²) < 4.78 is 7.45. The molecule has 3 aromatic heterocycles. The fourth-order valence-corrected chi connectivity index (χ4v) is 5.12. The number of rotatable bonds is 5. The number of carbonyl (C=O) groups excluding carboxylic acids is 1. The summed E-state index contributed by atoms with van der Waals surface area (Å²) in [6, 6.07) is 8.98. The van der Waals surface area contributed by atoms with Crippen molar-refractivity contribution in [2.45, 2.75) is 13.8 Å². The number of aromatic nitrogens is 3. The molecule has 0 saturated heterocycles. The Bertz CT molecular complexity index is 1430. The highest BCUT2D eigenvalue weighted by atomic mass is 35.5. The van der Waals surface area contributed by atoms with Gasteiger partial charge < -0.3 is 4.74 Å². The number of carbonyl (C=O) groups is 1. The number of benzene rings is 1. The van der Waals surface area contributed by atoms with Crippen molar-refractivity contribution in [3.63, 3.8) is 0 Å². The van der Waals surface area contributed by atoms with Gasteiger partial charge in [0.05, 0.1) is 28.8 Å². The number of thiophene rings is 1. The maximum atomic E-state index is 12.9. The summed E-state index contributed by atoms with van der Waals surface area (Å²) in [7, 11) is 0. The average molecular weight is 475 g/mol. The van der Waals surface area contributed by atoms with Crippen LogP contribution in [0.4, 0.5) is 0 Å². The molecule has 4 aromatic rings. The molecule has 0 aliphatic carbocycles. The Labute approximate surface area is 188 Å². The van der Waals surface area contributed by atoms with Gasteiger partial charge in [-0.05, 0) is 31.5 Å². The average Bonchev–Trinajstić information content (AvgIpc) is 3.24. The lowest BCUT2D eigenvalue weighted by atomic mass is 10.2. The Hall–Kier alpha value is -3.08. The van der Waals surface area contributed by atoms with Crippen LogP contribution in [0, 0.1) is 6.92 Å². The maximum absolute atomic E-state index is 12.9.